The van der Waals surface area contributed by atoms with Gasteiger partial charge in [-0.1, -0.05) is 6.08 Å². The molecule has 0 aromatic carbocycles. The lowest BCUT2D eigenvalue weighted by molar-refractivity contribution is 0.215. The first kappa shape index (κ1) is 13.3. The summed E-state index contributed by atoms with van der Waals surface area (Å²) in [5.74, 6) is 0.846. The highest BCUT2D eigenvalue weighted by Gasteiger charge is 2.27. The Labute approximate surface area is 120 Å². The number of nitrogens with zero attached hydrogens (tertiary/aromatic N) is 2. The summed E-state index contributed by atoms with van der Waals surface area (Å²) in [7, 11) is 0. The van der Waals surface area contributed by atoms with Crippen LogP contribution in [0.5, 0.6) is 0 Å². The van der Waals surface area contributed by atoms with Crippen LogP contribution in [0.15, 0.2) is 43.1 Å². The van der Waals surface area contributed by atoms with Crippen LogP contribution >= 0.6 is 0 Å². The SMILES string of the molecule is C=CCNC1CC(CCc2ccc3cccnc3n2)C1. The van der Waals surface area contributed by atoms with Gasteiger partial charge in [-0.3, -0.25) is 0 Å². The topological polar surface area (TPSA) is 37.8 Å². The average molecular weight is 267 g/mol. The molecule has 0 aliphatic heterocycles. The van der Waals surface area contributed by atoms with Gasteiger partial charge in [0.25, 0.3) is 0 Å². The van der Waals surface area contributed by atoms with Crippen LogP contribution in [0.1, 0.15) is 25.0 Å². The first-order valence-corrected chi connectivity index (χ1v) is 7.40. The van der Waals surface area contributed by atoms with Gasteiger partial charge in [-0.25, -0.2) is 9.97 Å². The molecule has 0 bridgehead atoms. The van der Waals surface area contributed by atoms with Gasteiger partial charge in [0.2, 0.25) is 0 Å². The van der Waals surface area contributed by atoms with Crippen LogP contribution in [0.4, 0.5) is 0 Å². The summed E-state index contributed by atoms with van der Waals surface area (Å²) in [6.07, 6.45) is 8.61. The van der Waals surface area contributed by atoms with Crippen molar-refractivity contribution in [3.8, 4) is 0 Å². The Balaban J connectivity index is 1.50. The highest BCUT2D eigenvalue weighted by atomic mass is 14.9. The van der Waals surface area contributed by atoms with Crippen molar-refractivity contribution < 1.29 is 0 Å². The maximum atomic E-state index is 4.63. The number of rotatable bonds is 6. The van der Waals surface area contributed by atoms with Gasteiger partial charge in [0.05, 0.1) is 0 Å². The lowest BCUT2D eigenvalue weighted by Gasteiger charge is -2.36. The number of hydrogen-bond donors (Lipinski definition) is 1. The zero-order valence-corrected chi connectivity index (χ0v) is 11.8. The van der Waals surface area contributed by atoms with Gasteiger partial charge in [-0.05, 0) is 55.9 Å². The number of aryl methyl sites for hydroxylation is 1. The van der Waals surface area contributed by atoms with Crippen LogP contribution in [-0.4, -0.2) is 22.6 Å². The van der Waals surface area contributed by atoms with E-state index in [1.807, 2.05) is 12.1 Å². The zero-order valence-electron chi connectivity index (χ0n) is 11.8. The summed E-state index contributed by atoms with van der Waals surface area (Å²) in [6.45, 7) is 4.66. The lowest BCUT2D eigenvalue weighted by Crippen LogP contribution is -2.41. The van der Waals surface area contributed by atoms with Gasteiger partial charge in [-0.2, -0.15) is 0 Å². The fourth-order valence-electron chi connectivity index (χ4n) is 2.87. The van der Waals surface area contributed by atoms with Gasteiger partial charge in [0, 0.05) is 29.9 Å². The van der Waals surface area contributed by atoms with Crippen LogP contribution in [0.25, 0.3) is 11.0 Å². The quantitative estimate of drug-likeness (QED) is 0.817. The zero-order chi connectivity index (χ0) is 13.8. The Morgan fingerprint density at radius 2 is 2.20 bits per heavy atom. The molecule has 1 aliphatic carbocycles. The van der Waals surface area contributed by atoms with E-state index in [0.717, 1.165) is 29.9 Å². The summed E-state index contributed by atoms with van der Waals surface area (Å²) in [6, 6.07) is 8.97. The van der Waals surface area contributed by atoms with E-state index in [1.54, 1.807) is 6.20 Å². The minimum absolute atomic E-state index is 0.698. The van der Waals surface area contributed by atoms with Crippen molar-refractivity contribution >= 4 is 11.0 Å². The first-order chi connectivity index (χ1) is 9.85. The molecule has 1 N–H and O–H groups in total. The van der Waals surface area contributed by atoms with Crippen molar-refractivity contribution in [1.29, 1.82) is 0 Å². The highest BCUT2D eigenvalue weighted by molar-refractivity contribution is 5.74. The standard InChI is InChI=1S/C17H21N3/c1-2-9-18-16-11-13(12-16)5-7-15-8-6-14-4-3-10-19-17(14)20-15/h2-4,6,8,10,13,16,18H,1,5,7,9,11-12H2. The minimum atomic E-state index is 0.698. The Hall–Kier alpha value is -1.74. The van der Waals surface area contributed by atoms with Crippen molar-refractivity contribution in [2.75, 3.05) is 6.54 Å². The molecule has 1 fully saturated rings. The van der Waals surface area contributed by atoms with E-state index in [9.17, 15) is 0 Å². The molecular weight excluding hydrogens is 246 g/mol. The summed E-state index contributed by atoms with van der Waals surface area (Å²) in [5.41, 5.74) is 2.03. The van der Waals surface area contributed by atoms with Gasteiger partial charge in [0.15, 0.2) is 5.65 Å². The molecule has 1 saturated carbocycles. The second-order valence-corrected chi connectivity index (χ2v) is 5.62. The van der Waals surface area contributed by atoms with Crippen LogP contribution in [0.3, 0.4) is 0 Å². The molecule has 104 valence electrons. The molecule has 0 atom stereocenters. The monoisotopic (exact) mass is 267 g/mol. The molecule has 0 amide bonds. The predicted molar refractivity (Wildman–Crippen MR) is 82.6 cm³/mol. The van der Waals surface area contributed by atoms with Gasteiger partial charge >= 0.3 is 0 Å². The molecule has 3 nitrogen and oxygen atoms in total. The maximum absolute atomic E-state index is 4.63. The number of fused-ring (bicyclic) bond motifs is 1. The third-order valence-electron chi connectivity index (χ3n) is 4.12. The molecule has 0 saturated heterocycles. The molecule has 2 aromatic heterocycles. The summed E-state index contributed by atoms with van der Waals surface area (Å²) < 4.78 is 0. The molecule has 3 heteroatoms. The highest BCUT2D eigenvalue weighted by Crippen LogP contribution is 2.31. The van der Waals surface area contributed by atoms with Crippen LogP contribution in [0.2, 0.25) is 0 Å². The smallest absolute Gasteiger partial charge is 0.159 e. The van der Waals surface area contributed by atoms with Crippen molar-refractivity contribution in [3.05, 3.63) is 48.8 Å². The fourth-order valence-corrected chi connectivity index (χ4v) is 2.87. The number of hydrogen-bond acceptors (Lipinski definition) is 3. The van der Waals surface area contributed by atoms with Gasteiger partial charge in [0.1, 0.15) is 0 Å². The lowest BCUT2D eigenvalue weighted by atomic mass is 9.77. The normalized spacial score (nSPS) is 21.6. The van der Waals surface area contributed by atoms with Crippen molar-refractivity contribution in [3.63, 3.8) is 0 Å². The van der Waals surface area contributed by atoms with Crippen molar-refractivity contribution in [2.24, 2.45) is 5.92 Å². The first-order valence-electron chi connectivity index (χ1n) is 7.40. The van der Waals surface area contributed by atoms with E-state index in [2.05, 4.69) is 40.1 Å². The number of pyridine rings is 2. The van der Waals surface area contributed by atoms with Crippen molar-refractivity contribution in [2.45, 2.75) is 31.7 Å². The second-order valence-electron chi connectivity index (χ2n) is 5.62. The third-order valence-corrected chi connectivity index (χ3v) is 4.12. The minimum Gasteiger partial charge on any atom is -0.311 e. The molecular formula is C17H21N3. The van der Waals surface area contributed by atoms with Crippen LogP contribution in [0, 0.1) is 5.92 Å². The largest absolute Gasteiger partial charge is 0.311 e. The molecule has 2 aromatic rings. The summed E-state index contributed by atoms with van der Waals surface area (Å²) in [5, 5.41) is 4.60. The van der Waals surface area contributed by atoms with E-state index in [0.29, 0.717) is 6.04 Å². The number of aromatic nitrogens is 2. The Morgan fingerprint density at radius 1 is 1.30 bits per heavy atom. The number of nitrogens with one attached hydrogen (secondary N) is 1. The van der Waals surface area contributed by atoms with E-state index >= 15 is 0 Å². The van der Waals surface area contributed by atoms with Crippen LogP contribution < -0.4 is 5.32 Å². The fraction of sp³-hybridized carbons (Fsp3) is 0.412. The Kier molecular flexibility index (Phi) is 4.07. The molecule has 0 spiro atoms. The van der Waals surface area contributed by atoms with Gasteiger partial charge in [-0.15, -0.1) is 6.58 Å². The maximum Gasteiger partial charge on any atom is 0.159 e. The third kappa shape index (κ3) is 3.05. The summed E-state index contributed by atoms with van der Waals surface area (Å²) >= 11 is 0. The molecule has 20 heavy (non-hydrogen) atoms. The van der Waals surface area contributed by atoms with Crippen LogP contribution in [-0.2, 0) is 6.42 Å². The molecule has 0 unspecified atom stereocenters. The van der Waals surface area contributed by atoms with E-state index in [-0.39, 0.29) is 0 Å². The molecule has 0 radical (unpaired) electrons. The van der Waals surface area contributed by atoms with E-state index in [1.165, 1.54) is 25.0 Å². The average Bonchev–Trinajstić information content (AvgIpc) is 2.45. The molecule has 3 rings (SSSR count). The van der Waals surface area contributed by atoms with E-state index in [4.69, 9.17) is 0 Å². The summed E-state index contributed by atoms with van der Waals surface area (Å²) in [4.78, 5) is 8.95. The predicted octanol–water partition coefficient (Wildman–Crippen LogP) is 3.12. The van der Waals surface area contributed by atoms with E-state index < -0.39 is 0 Å². The van der Waals surface area contributed by atoms with Crippen molar-refractivity contribution in [1.82, 2.24) is 15.3 Å². The Morgan fingerprint density at radius 3 is 3.05 bits per heavy atom. The van der Waals surface area contributed by atoms with Gasteiger partial charge < -0.3 is 5.32 Å². The molecule has 2 heterocycles. The second kappa shape index (κ2) is 6.14. The Bertz CT molecular complexity index is 588. The molecule has 1 aliphatic rings.